The summed E-state index contributed by atoms with van der Waals surface area (Å²) >= 11 is 0. The summed E-state index contributed by atoms with van der Waals surface area (Å²) < 4.78 is 34.6. The molecule has 2 N–H and O–H groups in total. The summed E-state index contributed by atoms with van der Waals surface area (Å²) in [6, 6.07) is 23.8. The van der Waals surface area contributed by atoms with E-state index in [2.05, 4.69) is 22.1 Å². The summed E-state index contributed by atoms with van der Waals surface area (Å²) in [6.45, 7) is 6.65. The van der Waals surface area contributed by atoms with Crippen molar-refractivity contribution < 1.29 is 23.2 Å². The number of anilines is 2. The third-order valence-electron chi connectivity index (χ3n) is 9.91. The minimum atomic E-state index is -4.11. The van der Waals surface area contributed by atoms with Crippen molar-refractivity contribution in [3.63, 3.8) is 0 Å². The van der Waals surface area contributed by atoms with Crippen LogP contribution in [0.5, 0.6) is 0 Å². The molecule has 0 spiro atoms. The van der Waals surface area contributed by atoms with Crippen LogP contribution in [0.2, 0.25) is 0 Å². The maximum Gasteiger partial charge on any atom is 0.316 e. The second kappa shape index (κ2) is 14.0. The number of fused-ring (bicyclic) bond motifs is 4. The van der Waals surface area contributed by atoms with Gasteiger partial charge in [-0.15, -0.1) is 12.4 Å². The smallest absolute Gasteiger partial charge is 0.316 e. The molecule has 3 fully saturated rings. The first-order chi connectivity index (χ1) is 23.3. The van der Waals surface area contributed by atoms with E-state index in [0.717, 1.165) is 31.5 Å². The number of piperidine rings is 3. The van der Waals surface area contributed by atoms with Gasteiger partial charge in [0.1, 0.15) is 17.1 Å². The number of allylic oxidation sites excluding steroid dienone is 3. The number of halogens is 3. The van der Waals surface area contributed by atoms with Crippen molar-refractivity contribution >= 4 is 47.1 Å². The Kier molecular flexibility index (Phi) is 9.70. The van der Waals surface area contributed by atoms with Crippen molar-refractivity contribution in [2.45, 2.75) is 44.1 Å². The van der Waals surface area contributed by atoms with Gasteiger partial charge in [0.25, 0.3) is 11.8 Å². The lowest BCUT2D eigenvalue weighted by molar-refractivity contribution is -0.122. The fourth-order valence-corrected chi connectivity index (χ4v) is 7.57. The van der Waals surface area contributed by atoms with Crippen molar-refractivity contribution in [1.29, 1.82) is 0 Å². The van der Waals surface area contributed by atoms with Gasteiger partial charge in [0.2, 0.25) is 0 Å². The number of para-hydroxylation sites is 2. The number of rotatable bonds is 6. The highest BCUT2D eigenvalue weighted by molar-refractivity contribution is 6.20. The Hall–Kier alpha value is -4.82. The van der Waals surface area contributed by atoms with E-state index >= 15 is 8.78 Å². The molecule has 2 amide bonds. The summed E-state index contributed by atoms with van der Waals surface area (Å²) in [5, 5.41) is 5.79. The quantitative estimate of drug-likeness (QED) is 0.282. The zero-order valence-corrected chi connectivity index (χ0v) is 27.7. The van der Waals surface area contributed by atoms with Gasteiger partial charge < -0.3 is 20.4 Å². The van der Waals surface area contributed by atoms with Gasteiger partial charge in [-0.3, -0.25) is 9.59 Å². The van der Waals surface area contributed by atoms with E-state index < -0.39 is 28.9 Å². The molecule has 1 unspecified atom stereocenters. The Labute approximate surface area is 290 Å². The molecule has 1 atom stereocenters. The molecule has 0 aromatic heterocycles. The van der Waals surface area contributed by atoms with Crippen molar-refractivity contribution in [3.8, 4) is 0 Å². The van der Waals surface area contributed by atoms with Crippen LogP contribution in [0.15, 0.2) is 120 Å². The molecule has 8 rings (SSSR count). The summed E-state index contributed by atoms with van der Waals surface area (Å²) in [6.07, 6.45) is 3.48. The number of aryl methyl sites for hydroxylation is 1. The molecular weight excluding hydrogens is 646 g/mol. The minimum absolute atomic E-state index is 0. The van der Waals surface area contributed by atoms with Crippen LogP contribution in [-0.2, 0) is 20.8 Å². The van der Waals surface area contributed by atoms with Crippen molar-refractivity contribution in [2.24, 2.45) is 5.92 Å². The zero-order chi connectivity index (χ0) is 33.4. The number of carbonyl (C=O) groups excluding carboxylic acids is 3. The van der Waals surface area contributed by atoms with E-state index in [0.29, 0.717) is 42.9 Å². The SMILES string of the molecule is C=C1CCCc2ccccc2N1C1=C(C(=O)NC2CN3CCC2CC3)C(F)(F)C(=C=O)C(c2ccccc2)=C1C(=O)Nc1ccccc1.Cl. The van der Waals surface area contributed by atoms with Gasteiger partial charge in [0.05, 0.1) is 11.3 Å². The lowest BCUT2D eigenvalue weighted by Gasteiger charge is -2.45. The van der Waals surface area contributed by atoms with Gasteiger partial charge in [0.15, 0.2) is 0 Å². The highest BCUT2D eigenvalue weighted by atomic mass is 35.5. The molecule has 7 nitrogen and oxygen atoms in total. The normalized spacial score (nSPS) is 22.8. The molecule has 3 aromatic carbocycles. The van der Waals surface area contributed by atoms with E-state index in [9.17, 15) is 14.4 Å². The number of nitrogens with one attached hydrogen (secondary N) is 2. The van der Waals surface area contributed by atoms with E-state index in [1.54, 1.807) is 77.7 Å². The first-order valence-electron chi connectivity index (χ1n) is 16.4. The number of carbonyl (C=O) groups is 2. The molecular formula is C39H37ClF2N4O3. The van der Waals surface area contributed by atoms with Crippen LogP contribution < -0.4 is 15.5 Å². The highest BCUT2D eigenvalue weighted by Gasteiger charge is 2.55. The second-order valence-electron chi connectivity index (χ2n) is 12.8. The Morgan fingerprint density at radius 2 is 1.53 bits per heavy atom. The monoisotopic (exact) mass is 682 g/mol. The second-order valence-corrected chi connectivity index (χ2v) is 12.8. The Morgan fingerprint density at radius 3 is 2.18 bits per heavy atom. The standard InChI is InChI=1S/C39H36F2N4O3.ClH/c1-25-11-10-15-27-12-8-9-18-32(27)45(25)36-34(37(47)42-29-16-6-3-7-17-29)33(28-13-4-2-5-14-28)30(24-46)39(40,41)35(36)38(48)43-31-23-44-21-19-26(31)20-22-44;/h2-9,12-14,16-18,26,31H,1,10-11,15,19-23H2,(H,42,47)(H,43,48);1H. The van der Waals surface area contributed by atoms with E-state index in [-0.39, 0.29) is 46.8 Å². The Bertz CT molecular complexity index is 1900. The molecule has 1 aliphatic carbocycles. The van der Waals surface area contributed by atoms with Crippen molar-refractivity contribution in [3.05, 3.63) is 131 Å². The molecule has 0 radical (unpaired) electrons. The van der Waals surface area contributed by atoms with Crippen LogP contribution in [0.1, 0.15) is 36.8 Å². The molecule has 3 aromatic rings. The highest BCUT2D eigenvalue weighted by Crippen LogP contribution is 2.51. The minimum Gasteiger partial charge on any atom is -0.348 e. The molecule has 49 heavy (non-hydrogen) atoms. The van der Waals surface area contributed by atoms with E-state index in [4.69, 9.17) is 0 Å². The van der Waals surface area contributed by atoms with Gasteiger partial charge in [-0.05, 0) is 80.4 Å². The first kappa shape index (κ1) is 34.1. The maximum atomic E-state index is 17.3. The lowest BCUT2D eigenvalue weighted by Crippen LogP contribution is -2.58. The largest absolute Gasteiger partial charge is 0.348 e. The third kappa shape index (κ3) is 6.26. The molecule has 4 heterocycles. The van der Waals surface area contributed by atoms with Crippen LogP contribution in [0.4, 0.5) is 20.2 Å². The van der Waals surface area contributed by atoms with Gasteiger partial charge in [-0.2, -0.15) is 8.78 Å². The predicted molar refractivity (Wildman–Crippen MR) is 189 cm³/mol. The first-order valence-corrected chi connectivity index (χ1v) is 16.4. The van der Waals surface area contributed by atoms with Crippen LogP contribution >= 0.6 is 12.4 Å². The van der Waals surface area contributed by atoms with Crippen LogP contribution in [-0.4, -0.2) is 54.3 Å². The van der Waals surface area contributed by atoms with Crippen LogP contribution in [0.25, 0.3) is 5.57 Å². The van der Waals surface area contributed by atoms with E-state index in [1.165, 1.54) is 5.94 Å². The number of hydrogen-bond donors (Lipinski definition) is 2. The van der Waals surface area contributed by atoms with Gasteiger partial charge in [-0.25, -0.2) is 4.79 Å². The average molecular weight is 683 g/mol. The lowest BCUT2D eigenvalue weighted by atomic mass is 9.78. The number of amides is 2. The predicted octanol–water partition coefficient (Wildman–Crippen LogP) is 6.73. The van der Waals surface area contributed by atoms with Crippen LogP contribution in [0, 0.1) is 5.92 Å². The van der Waals surface area contributed by atoms with Crippen LogP contribution in [0.3, 0.4) is 0 Å². The number of hydrogen-bond acceptors (Lipinski definition) is 5. The number of nitrogens with zero attached hydrogens (tertiary/aromatic N) is 2. The van der Waals surface area contributed by atoms with Gasteiger partial charge in [-0.1, -0.05) is 73.3 Å². The van der Waals surface area contributed by atoms with Gasteiger partial charge in [0, 0.05) is 35.2 Å². The number of benzene rings is 3. The average Bonchev–Trinajstić information content (AvgIpc) is 3.26. The molecule has 3 saturated heterocycles. The fraction of sp³-hybridized carbons (Fsp3) is 0.282. The van der Waals surface area contributed by atoms with Crippen molar-refractivity contribution in [2.75, 3.05) is 29.9 Å². The maximum absolute atomic E-state index is 17.3. The molecule has 5 aliphatic rings. The van der Waals surface area contributed by atoms with Crippen molar-refractivity contribution in [1.82, 2.24) is 10.2 Å². The van der Waals surface area contributed by atoms with Gasteiger partial charge >= 0.3 is 5.92 Å². The summed E-state index contributed by atoms with van der Waals surface area (Å²) in [5.41, 5.74) is -0.323. The molecule has 0 saturated carbocycles. The molecule has 2 bridgehead atoms. The zero-order valence-electron chi connectivity index (χ0n) is 26.9. The molecule has 252 valence electrons. The number of alkyl halides is 2. The summed E-state index contributed by atoms with van der Waals surface area (Å²) in [7, 11) is 0. The third-order valence-corrected chi connectivity index (χ3v) is 9.91. The summed E-state index contributed by atoms with van der Waals surface area (Å²) in [4.78, 5) is 45.7. The Balaban J connectivity index is 0.00000417. The molecule has 4 aliphatic heterocycles. The summed E-state index contributed by atoms with van der Waals surface area (Å²) in [5.74, 6) is -4.25. The van der Waals surface area contributed by atoms with E-state index in [1.807, 2.05) is 12.1 Å². The fourth-order valence-electron chi connectivity index (χ4n) is 7.57. The molecule has 10 heteroatoms. The topological polar surface area (TPSA) is 81.8 Å². The Morgan fingerprint density at radius 1 is 0.878 bits per heavy atom.